The Morgan fingerprint density at radius 2 is 1.52 bits per heavy atom. The minimum absolute atomic E-state index is 0.0146. The topological polar surface area (TPSA) is 54.4 Å². The predicted octanol–water partition coefficient (Wildman–Crippen LogP) is 4.42. The van der Waals surface area contributed by atoms with Gasteiger partial charge in [0.05, 0.1) is 15.6 Å². The standard InChI is InChI=1S/C14H6Br2F2O3/c15-8-2-6(1-7(3-8)14(20)21)13(19)9-4-10(16)12(18)5-11(9)17/h1-5H,(H,20,21). The van der Waals surface area contributed by atoms with Crippen molar-refractivity contribution < 1.29 is 23.5 Å². The van der Waals surface area contributed by atoms with E-state index >= 15 is 0 Å². The largest absolute Gasteiger partial charge is 0.478 e. The van der Waals surface area contributed by atoms with Crippen LogP contribution < -0.4 is 0 Å². The summed E-state index contributed by atoms with van der Waals surface area (Å²) in [6, 6.07) is 5.43. The van der Waals surface area contributed by atoms with Gasteiger partial charge in [0.15, 0.2) is 5.78 Å². The molecule has 0 heterocycles. The molecule has 0 aliphatic rings. The van der Waals surface area contributed by atoms with Crippen LogP contribution in [0.3, 0.4) is 0 Å². The van der Waals surface area contributed by atoms with E-state index in [1.54, 1.807) is 0 Å². The van der Waals surface area contributed by atoms with Crippen LogP contribution in [0.25, 0.3) is 0 Å². The van der Waals surface area contributed by atoms with Crippen molar-refractivity contribution in [2.45, 2.75) is 0 Å². The molecule has 0 aliphatic carbocycles. The summed E-state index contributed by atoms with van der Waals surface area (Å²) in [4.78, 5) is 23.2. The van der Waals surface area contributed by atoms with E-state index < -0.39 is 23.4 Å². The molecule has 0 saturated heterocycles. The third-order valence-corrected chi connectivity index (χ3v) is 3.73. The highest BCUT2D eigenvalue weighted by molar-refractivity contribution is 9.10. The Morgan fingerprint density at radius 1 is 0.905 bits per heavy atom. The van der Waals surface area contributed by atoms with E-state index in [9.17, 15) is 18.4 Å². The number of hydrogen-bond donors (Lipinski definition) is 1. The van der Waals surface area contributed by atoms with Crippen LogP contribution in [0.1, 0.15) is 26.3 Å². The van der Waals surface area contributed by atoms with Gasteiger partial charge in [-0.15, -0.1) is 0 Å². The van der Waals surface area contributed by atoms with Crippen LogP contribution in [0.5, 0.6) is 0 Å². The molecule has 2 rings (SSSR count). The summed E-state index contributed by atoms with van der Waals surface area (Å²) in [5.41, 5.74) is -0.480. The summed E-state index contributed by atoms with van der Waals surface area (Å²) < 4.78 is 27.2. The zero-order valence-corrected chi connectivity index (χ0v) is 13.3. The number of rotatable bonds is 3. The number of benzene rings is 2. The molecular formula is C14H6Br2F2O3. The van der Waals surface area contributed by atoms with Gasteiger partial charge in [0.1, 0.15) is 11.6 Å². The summed E-state index contributed by atoms with van der Waals surface area (Å²) in [6.07, 6.45) is 0. The van der Waals surface area contributed by atoms with E-state index in [1.165, 1.54) is 12.1 Å². The third-order valence-electron chi connectivity index (χ3n) is 2.66. The molecule has 0 spiro atoms. The highest BCUT2D eigenvalue weighted by Crippen LogP contribution is 2.24. The molecule has 0 amide bonds. The van der Waals surface area contributed by atoms with Crippen LogP contribution in [0.15, 0.2) is 39.3 Å². The lowest BCUT2D eigenvalue weighted by atomic mass is 10.0. The van der Waals surface area contributed by atoms with Gasteiger partial charge in [0.25, 0.3) is 0 Å². The van der Waals surface area contributed by atoms with E-state index in [0.29, 0.717) is 10.5 Å². The lowest BCUT2D eigenvalue weighted by molar-refractivity contribution is 0.0697. The summed E-state index contributed by atoms with van der Waals surface area (Å²) in [6.45, 7) is 0. The van der Waals surface area contributed by atoms with Gasteiger partial charge >= 0.3 is 5.97 Å². The third kappa shape index (κ3) is 3.36. The molecule has 0 fully saturated rings. The fourth-order valence-electron chi connectivity index (χ4n) is 1.70. The number of aromatic carboxylic acids is 1. The van der Waals surface area contributed by atoms with Gasteiger partial charge in [0.2, 0.25) is 0 Å². The highest BCUT2D eigenvalue weighted by atomic mass is 79.9. The molecule has 0 bridgehead atoms. The van der Waals surface area contributed by atoms with Crippen LogP contribution in [0.4, 0.5) is 8.78 Å². The second-order valence-corrected chi connectivity index (χ2v) is 5.88. The first kappa shape index (κ1) is 15.8. The first-order valence-electron chi connectivity index (χ1n) is 5.52. The van der Waals surface area contributed by atoms with Crippen molar-refractivity contribution in [3.63, 3.8) is 0 Å². The highest BCUT2D eigenvalue weighted by Gasteiger charge is 2.19. The van der Waals surface area contributed by atoms with Gasteiger partial charge in [-0.25, -0.2) is 13.6 Å². The number of halogens is 4. The van der Waals surface area contributed by atoms with Crippen molar-refractivity contribution >= 4 is 43.6 Å². The molecule has 21 heavy (non-hydrogen) atoms. The smallest absolute Gasteiger partial charge is 0.335 e. The monoisotopic (exact) mass is 418 g/mol. The van der Waals surface area contributed by atoms with Crippen LogP contribution in [-0.4, -0.2) is 16.9 Å². The molecule has 0 unspecified atom stereocenters. The van der Waals surface area contributed by atoms with Gasteiger partial charge in [-0.3, -0.25) is 4.79 Å². The Kier molecular flexibility index (Phi) is 4.53. The van der Waals surface area contributed by atoms with Crippen LogP contribution in [0.2, 0.25) is 0 Å². The molecule has 0 aromatic heterocycles. The van der Waals surface area contributed by atoms with E-state index in [2.05, 4.69) is 31.9 Å². The van der Waals surface area contributed by atoms with E-state index in [-0.39, 0.29) is 21.2 Å². The Bertz CT molecular complexity index is 760. The Balaban J connectivity index is 2.55. The SMILES string of the molecule is O=C(O)c1cc(Br)cc(C(=O)c2cc(Br)c(F)cc2F)c1. The molecule has 2 aromatic rings. The van der Waals surface area contributed by atoms with Gasteiger partial charge in [-0.05, 0) is 40.2 Å². The molecule has 3 nitrogen and oxygen atoms in total. The molecular weight excluding hydrogens is 414 g/mol. The van der Waals surface area contributed by atoms with Crippen LogP contribution in [0, 0.1) is 11.6 Å². The first-order valence-corrected chi connectivity index (χ1v) is 7.11. The van der Waals surface area contributed by atoms with Crippen molar-refractivity contribution in [3.05, 3.63) is 67.6 Å². The first-order chi connectivity index (χ1) is 9.79. The molecule has 1 N–H and O–H groups in total. The normalized spacial score (nSPS) is 10.5. The molecule has 108 valence electrons. The maximum atomic E-state index is 13.7. The van der Waals surface area contributed by atoms with E-state index in [4.69, 9.17) is 5.11 Å². The summed E-state index contributed by atoms with van der Waals surface area (Å²) in [5.74, 6) is -3.80. The van der Waals surface area contributed by atoms with Crippen LogP contribution in [-0.2, 0) is 0 Å². The summed E-state index contributed by atoms with van der Waals surface area (Å²) in [7, 11) is 0. The van der Waals surface area contributed by atoms with Gasteiger partial charge in [0, 0.05) is 16.1 Å². The summed E-state index contributed by atoms with van der Waals surface area (Å²) >= 11 is 5.96. The Hall–Kier alpha value is -1.60. The molecule has 0 saturated carbocycles. The zero-order chi connectivity index (χ0) is 15.7. The lowest BCUT2D eigenvalue weighted by Gasteiger charge is -2.06. The van der Waals surface area contributed by atoms with Crippen LogP contribution >= 0.6 is 31.9 Å². The minimum atomic E-state index is -1.22. The van der Waals surface area contributed by atoms with Crippen molar-refractivity contribution in [2.75, 3.05) is 0 Å². The molecule has 2 aromatic carbocycles. The van der Waals surface area contributed by atoms with Crippen molar-refractivity contribution in [2.24, 2.45) is 0 Å². The quantitative estimate of drug-likeness (QED) is 0.591. The number of ketones is 1. The average Bonchev–Trinajstić information content (AvgIpc) is 2.41. The van der Waals surface area contributed by atoms with Crippen molar-refractivity contribution in [1.29, 1.82) is 0 Å². The molecule has 7 heteroatoms. The molecule has 0 atom stereocenters. The molecule has 0 radical (unpaired) electrons. The van der Waals surface area contributed by atoms with E-state index in [1.807, 2.05) is 0 Å². The minimum Gasteiger partial charge on any atom is -0.478 e. The Morgan fingerprint density at radius 3 is 2.14 bits per heavy atom. The number of carboxylic acids is 1. The number of hydrogen-bond acceptors (Lipinski definition) is 2. The number of carboxylic acid groups (broad SMARTS) is 1. The van der Waals surface area contributed by atoms with Gasteiger partial charge in [-0.2, -0.15) is 0 Å². The Labute approximate surface area is 134 Å². The number of carbonyl (C=O) groups excluding carboxylic acids is 1. The molecule has 0 aliphatic heterocycles. The lowest BCUT2D eigenvalue weighted by Crippen LogP contribution is -2.07. The van der Waals surface area contributed by atoms with Gasteiger partial charge in [-0.1, -0.05) is 15.9 Å². The average molecular weight is 420 g/mol. The van der Waals surface area contributed by atoms with E-state index in [0.717, 1.165) is 12.1 Å². The second kappa shape index (κ2) is 6.03. The van der Waals surface area contributed by atoms with Crippen molar-refractivity contribution in [1.82, 2.24) is 0 Å². The number of carbonyl (C=O) groups is 2. The fraction of sp³-hybridized carbons (Fsp3) is 0. The maximum Gasteiger partial charge on any atom is 0.335 e. The summed E-state index contributed by atoms with van der Waals surface area (Å²) in [5, 5.41) is 8.96. The maximum absolute atomic E-state index is 13.7. The second-order valence-electron chi connectivity index (χ2n) is 4.11. The fourth-order valence-corrected chi connectivity index (χ4v) is 2.53. The zero-order valence-electron chi connectivity index (χ0n) is 10.2. The predicted molar refractivity (Wildman–Crippen MR) is 78.6 cm³/mol. The van der Waals surface area contributed by atoms with Gasteiger partial charge < -0.3 is 5.11 Å². The van der Waals surface area contributed by atoms with Crippen molar-refractivity contribution in [3.8, 4) is 0 Å².